The first-order chi connectivity index (χ1) is 9.58. The molecule has 0 aliphatic heterocycles. The minimum absolute atomic E-state index is 0.307. The van der Waals surface area contributed by atoms with Crippen molar-refractivity contribution in [3.8, 4) is 0 Å². The third-order valence-electron chi connectivity index (χ3n) is 3.99. The molecule has 0 aromatic heterocycles. The lowest BCUT2D eigenvalue weighted by atomic mass is 9.86. The molecule has 1 aliphatic rings. The van der Waals surface area contributed by atoms with E-state index in [0.29, 0.717) is 28.4 Å². The van der Waals surface area contributed by atoms with Crippen molar-refractivity contribution in [3.05, 3.63) is 36.4 Å². The number of fused-ring (bicyclic) bond motifs is 1. The van der Waals surface area contributed by atoms with E-state index in [0.717, 1.165) is 18.2 Å². The van der Waals surface area contributed by atoms with Gasteiger partial charge >= 0.3 is 0 Å². The van der Waals surface area contributed by atoms with E-state index in [4.69, 9.17) is 5.73 Å². The van der Waals surface area contributed by atoms with Crippen LogP contribution in [0.1, 0.15) is 19.3 Å². The molecule has 1 fully saturated rings. The highest BCUT2D eigenvalue weighted by Gasteiger charge is 2.22. The van der Waals surface area contributed by atoms with Crippen molar-refractivity contribution in [3.63, 3.8) is 0 Å². The quantitative estimate of drug-likeness (QED) is 0.850. The van der Waals surface area contributed by atoms with E-state index >= 15 is 0 Å². The number of hydrogen-bond acceptors (Lipinski definition) is 3. The van der Waals surface area contributed by atoms with Gasteiger partial charge in [0.1, 0.15) is 0 Å². The maximum Gasteiger partial charge on any atom is 0.241 e. The first-order valence-corrected chi connectivity index (χ1v) is 8.33. The van der Waals surface area contributed by atoms with Crippen molar-refractivity contribution in [2.24, 2.45) is 5.92 Å². The molecule has 0 bridgehead atoms. The largest absolute Gasteiger partial charge is 0.398 e. The van der Waals surface area contributed by atoms with Crippen molar-refractivity contribution in [2.45, 2.75) is 24.2 Å². The van der Waals surface area contributed by atoms with Crippen molar-refractivity contribution in [1.29, 1.82) is 0 Å². The third kappa shape index (κ3) is 2.39. The zero-order valence-electron chi connectivity index (χ0n) is 11.2. The number of sulfonamides is 1. The van der Waals surface area contributed by atoms with Crippen molar-refractivity contribution in [1.82, 2.24) is 4.72 Å². The van der Waals surface area contributed by atoms with Gasteiger partial charge in [0.15, 0.2) is 0 Å². The van der Waals surface area contributed by atoms with E-state index in [1.165, 1.54) is 6.42 Å². The Hall–Kier alpha value is -1.59. The summed E-state index contributed by atoms with van der Waals surface area (Å²) in [5.41, 5.74) is 6.50. The second-order valence-corrected chi connectivity index (χ2v) is 7.08. The first-order valence-electron chi connectivity index (χ1n) is 6.85. The number of benzene rings is 2. The molecule has 0 spiro atoms. The van der Waals surface area contributed by atoms with Gasteiger partial charge in [0.25, 0.3) is 0 Å². The summed E-state index contributed by atoms with van der Waals surface area (Å²) in [6.45, 7) is 0.529. The van der Waals surface area contributed by atoms with Gasteiger partial charge in [-0.25, -0.2) is 13.1 Å². The number of hydrogen-bond donors (Lipinski definition) is 2. The Balaban J connectivity index is 1.98. The normalized spacial score (nSPS) is 16.2. The van der Waals surface area contributed by atoms with E-state index in [1.54, 1.807) is 18.2 Å². The predicted octanol–water partition coefficient (Wildman–Crippen LogP) is 2.50. The van der Waals surface area contributed by atoms with Gasteiger partial charge in [0.05, 0.1) is 4.90 Å². The molecule has 0 unspecified atom stereocenters. The molecule has 1 saturated carbocycles. The molecule has 0 heterocycles. The molecule has 0 amide bonds. The highest BCUT2D eigenvalue weighted by atomic mass is 32.2. The summed E-state index contributed by atoms with van der Waals surface area (Å²) >= 11 is 0. The Kier molecular flexibility index (Phi) is 3.40. The number of anilines is 1. The van der Waals surface area contributed by atoms with E-state index in [9.17, 15) is 8.42 Å². The average Bonchev–Trinajstić information content (AvgIpc) is 2.37. The minimum Gasteiger partial charge on any atom is -0.398 e. The summed E-state index contributed by atoms with van der Waals surface area (Å²) in [5, 5.41) is 1.45. The molecule has 106 valence electrons. The maximum atomic E-state index is 12.5. The van der Waals surface area contributed by atoms with Crippen LogP contribution in [0.2, 0.25) is 0 Å². The summed E-state index contributed by atoms with van der Waals surface area (Å²) in [6, 6.07) is 10.6. The van der Waals surface area contributed by atoms with Crippen molar-refractivity contribution < 1.29 is 8.42 Å². The van der Waals surface area contributed by atoms with Gasteiger partial charge < -0.3 is 5.73 Å². The molecule has 3 N–H and O–H groups in total. The molecule has 2 aromatic carbocycles. The van der Waals surface area contributed by atoms with Crippen LogP contribution in [0.4, 0.5) is 5.69 Å². The second kappa shape index (κ2) is 5.07. The second-order valence-electron chi connectivity index (χ2n) is 5.35. The molecule has 0 radical (unpaired) electrons. The lowest BCUT2D eigenvalue weighted by molar-refractivity contribution is 0.316. The van der Waals surface area contributed by atoms with Crippen LogP contribution in [0.25, 0.3) is 10.8 Å². The first kappa shape index (κ1) is 13.4. The third-order valence-corrected chi connectivity index (χ3v) is 5.48. The lowest BCUT2D eigenvalue weighted by Crippen LogP contribution is -2.32. The van der Waals surface area contributed by atoms with Gasteiger partial charge in [-0.1, -0.05) is 30.7 Å². The van der Waals surface area contributed by atoms with Crippen LogP contribution in [0.15, 0.2) is 41.3 Å². The Labute approximate surface area is 119 Å². The molecular formula is C15H18N2O2S. The van der Waals surface area contributed by atoms with E-state index in [2.05, 4.69) is 4.72 Å². The van der Waals surface area contributed by atoms with Gasteiger partial charge in [-0.3, -0.25) is 0 Å². The fraction of sp³-hybridized carbons (Fsp3) is 0.333. The summed E-state index contributed by atoms with van der Waals surface area (Å²) in [5.74, 6) is 0.491. The minimum atomic E-state index is -3.48. The van der Waals surface area contributed by atoms with Crippen molar-refractivity contribution >= 4 is 26.5 Å². The van der Waals surface area contributed by atoms with Crippen LogP contribution in [-0.4, -0.2) is 15.0 Å². The van der Waals surface area contributed by atoms with Crippen molar-refractivity contribution in [2.75, 3.05) is 12.3 Å². The fourth-order valence-corrected chi connectivity index (χ4v) is 3.86. The van der Waals surface area contributed by atoms with Gasteiger partial charge in [-0.2, -0.15) is 0 Å². The molecule has 4 nitrogen and oxygen atoms in total. The van der Waals surface area contributed by atoms with Gasteiger partial charge in [-0.15, -0.1) is 0 Å². The number of nitrogen functional groups attached to an aromatic ring is 1. The Morgan fingerprint density at radius 3 is 2.45 bits per heavy atom. The summed E-state index contributed by atoms with van der Waals surface area (Å²) in [6.07, 6.45) is 3.44. The summed E-state index contributed by atoms with van der Waals surface area (Å²) < 4.78 is 27.6. The smallest absolute Gasteiger partial charge is 0.241 e. The van der Waals surface area contributed by atoms with Crippen LogP contribution in [0, 0.1) is 5.92 Å². The van der Waals surface area contributed by atoms with E-state index in [1.807, 2.05) is 18.2 Å². The molecular weight excluding hydrogens is 272 g/mol. The summed E-state index contributed by atoms with van der Waals surface area (Å²) in [7, 11) is -3.48. The van der Waals surface area contributed by atoms with Crippen LogP contribution >= 0.6 is 0 Å². The Morgan fingerprint density at radius 2 is 1.80 bits per heavy atom. The topological polar surface area (TPSA) is 72.2 Å². The average molecular weight is 290 g/mol. The van der Waals surface area contributed by atoms with Crippen LogP contribution in [0.3, 0.4) is 0 Å². The van der Waals surface area contributed by atoms with E-state index in [-0.39, 0.29) is 0 Å². The highest BCUT2D eigenvalue weighted by Crippen LogP contribution is 2.29. The molecule has 0 saturated heterocycles. The summed E-state index contributed by atoms with van der Waals surface area (Å²) in [4.78, 5) is 0.307. The van der Waals surface area contributed by atoms with E-state index < -0.39 is 10.0 Å². The zero-order chi connectivity index (χ0) is 14.2. The maximum absolute atomic E-state index is 12.5. The number of nitrogens with one attached hydrogen (secondary N) is 1. The lowest BCUT2D eigenvalue weighted by Gasteiger charge is -2.25. The highest BCUT2D eigenvalue weighted by molar-refractivity contribution is 7.89. The molecule has 20 heavy (non-hydrogen) atoms. The van der Waals surface area contributed by atoms with Crippen LogP contribution in [-0.2, 0) is 10.0 Å². The predicted molar refractivity (Wildman–Crippen MR) is 80.9 cm³/mol. The van der Waals surface area contributed by atoms with Gasteiger partial charge in [-0.05, 0) is 30.9 Å². The number of rotatable bonds is 4. The Bertz CT molecular complexity index is 737. The zero-order valence-corrected chi connectivity index (χ0v) is 12.0. The fourth-order valence-electron chi connectivity index (χ4n) is 2.53. The van der Waals surface area contributed by atoms with Crippen LogP contribution in [0.5, 0.6) is 0 Å². The number of nitrogens with two attached hydrogens (primary N) is 1. The SMILES string of the molecule is Nc1ccc(S(=O)(=O)NCC2CCC2)c2ccccc12. The molecule has 5 heteroatoms. The van der Waals surface area contributed by atoms with Gasteiger partial charge in [0.2, 0.25) is 10.0 Å². The van der Waals surface area contributed by atoms with Gasteiger partial charge in [0, 0.05) is 23.0 Å². The Morgan fingerprint density at radius 1 is 1.10 bits per heavy atom. The standard InChI is InChI=1S/C15H18N2O2S/c16-14-8-9-15(13-7-2-1-6-12(13)14)20(18,19)17-10-11-4-3-5-11/h1-2,6-9,11,17H,3-5,10,16H2. The molecule has 1 aliphatic carbocycles. The molecule has 3 rings (SSSR count). The monoisotopic (exact) mass is 290 g/mol. The van der Waals surface area contributed by atoms with Crippen LogP contribution < -0.4 is 10.5 Å². The molecule has 0 atom stereocenters. The molecule has 2 aromatic rings.